The third-order valence-corrected chi connectivity index (χ3v) is 4.71. The van der Waals surface area contributed by atoms with E-state index in [4.69, 9.17) is 16.7 Å². The van der Waals surface area contributed by atoms with Gasteiger partial charge >= 0.3 is 5.97 Å². The van der Waals surface area contributed by atoms with Crippen LogP contribution >= 0.6 is 11.6 Å². The minimum Gasteiger partial charge on any atom is -0.481 e. The van der Waals surface area contributed by atoms with Crippen LogP contribution in [0.25, 0.3) is 10.9 Å². The van der Waals surface area contributed by atoms with E-state index >= 15 is 0 Å². The molecule has 5 nitrogen and oxygen atoms in total. The van der Waals surface area contributed by atoms with E-state index in [0.717, 1.165) is 23.7 Å². The zero-order chi connectivity index (χ0) is 16.4. The van der Waals surface area contributed by atoms with Crippen LogP contribution in [0.2, 0.25) is 5.02 Å². The van der Waals surface area contributed by atoms with Gasteiger partial charge < -0.3 is 14.6 Å². The Labute approximate surface area is 139 Å². The van der Waals surface area contributed by atoms with Crippen molar-refractivity contribution in [2.45, 2.75) is 25.8 Å². The van der Waals surface area contributed by atoms with Crippen molar-refractivity contribution in [3.63, 3.8) is 0 Å². The summed E-state index contributed by atoms with van der Waals surface area (Å²) in [6.07, 6.45) is 3.62. The highest BCUT2D eigenvalue weighted by atomic mass is 35.5. The second-order valence-electron chi connectivity index (χ2n) is 6.07. The number of carbonyl (C=O) groups excluding carboxylic acids is 1. The first kappa shape index (κ1) is 15.9. The number of amides is 1. The number of hydrogen-bond acceptors (Lipinski definition) is 2. The zero-order valence-electron chi connectivity index (χ0n) is 12.7. The molecule has 1 N–H and O–H groups in total. The van der Waals surface area contributed by atoms with Crippen molar-refractivity contribution in [2.24, 2.45) is 5.92 Å². The Kier molecular flexibility index (Phi) is 4.57. The summed E-state index contributed by atoms with van der Waals surface area (Å²) in [5.41, 5.74) is 0.951. The van der Waals surface area contributed by atoms with Crippen LogP contribution in [0.3, 0.4) is 0 Å². The first-order chi connectivity index (χ1) is 11.0. The standard InChI is InChI=1S/C17H19ClN2O3/c18-14-2-1-13-5-8-20(15(13)10-14)11-16(21)19-6-3-12(4-7-19)9-17(22)23/h1-2,5,8,10,12H,3-4,6-7,9,11H2,(H,22,23). The van der Waals surface area contributed by atoms with E-state index in [1.807, 2.05) is 39.9 Å². The molecule has 1 amide bonds. The quantitative estimate of drug-likeness (QED) is 0.934. The predicted molar refractivity (Wildman–Crippen MR) is 88.5 cm³/mol. The van der Waals surface area contributed by atoms with Gasteiger partial charge in [-0.3, -0.25) is 9.59 Å². The van der Waals surface area contributed by atoms with Crippen molar-refractivity contribution in [3.8, 4) is 0 Å². The van der Waals surface area contributed by atoms with Crippen LogP contribution in [-0.4, -0.2) is 39.5 Å². The second-order valence-corrected chi connectivity index (χ2v) is 6.51. The van der Waals surface area contributed by atoms with Gasteiger partial charge in [-0.2, -0.15) is 0 Å². The monoisotopic (exact) mass is 334 g/mol. The number of nitrogens with zero attached hydrogens (tertiary/aromatic N) is 2. The molecule has 23 heavy (non-hydrogen) atoms. The molecule has 3 rings (SSSR count). The van der Waals surface area contributed by atoms with Crippen LogP contribution < -0.4 is 0 Å². The maximum absolute atomic E-state index is 12.5. The fraction of sp³-hybridized carbons (Fsp3) is 0.412. The van der Waals surface area contributed by atoms with Gasteiger partial charge in [-0.25, -0.2) is 0 Å². The Morgan fingerprint density at radius 3 is 2.65 bits per heavy atom. The normalized spacial score (nSPS) is 16.0. The molecule has 0 spiro atoms. The molecule has 0 aliphatic carbocycles. The summed E-state index contributed by atoms with van der Waals surface area (Å²) in [6.45, 7) is 1.56. The topological polar surface area (TPSA) is 62.5 Å². The number of carboxylic acids is 1. The van der Waals surface area contributed by atoms with Crippen LogP contribution in [0.1, 0.15) is 19.3 Å². The first-order valence-electron chi connectivity index (χ1n) is 7.77. The Morgan fingerprint density at radius 1 is 1.22 bits per heavy atom. The summed E-state index contributed by atoms with van der Waals surface area (Å²) >= 11 is 6.03. The summed E-state index contributed by atoms with van der Waals surface area (Å²) < 4.78 is 1.91. The van der Waals surface area contributed by atoms with Crippen molar-refractivity contribution in [2.75, 3.05) is 13.1 Å². The van der Waals surface area contributed by atoms with Gasteiger partial charge in [0.25, 0.3) is 0 Å². The largest absolute Gasteiger partial charge is 0.481 e. The lowest BCUT2D eigenvalue weighted by atomic mass is 9.93. The highest BCUT2D eigenvalue weighted by Crippen LogP contribution is 2.23. The molecule has 2 heterocycles. The Hall–Kier alpha value is -2.01. The molecule has 0 unspecified atom stereocenters. The van der Waals surface area contributed by atoms with Gasteiger partial charge in [0.1, 0.15) is 6.54 Å². The number of benzene rings is 1. The van der Waals surface area contributed by atoms with Crippen LogP contribution in [-0.2, 0) is 16.1 Å². The average molecular weight is 335 g/mol. The van der Waals surface area contributed by atoms with E-state index in [0.29, 0.717) is 18.1 Å². The van der Waals surface area contributed by atoms with E-state index < -0.39 is 5.97 Å². The van der Waals surface area contributed by atoms with Gasteiger partial charge in [-0.15, -0.1) is 0 Å². The number of aromatic nitrogens is 1. The van der Waals surface area contributed by atoms with Crippen LogP contribution in [0.15, 0.2) is 30.5 Å². The van der Waals surface area contributed by atoms with E-state index in [1.165, 1.54) is 0 Å². The lowest BCUT2D eigenvalue weighted by Crippen LogP contribution is -2.40. The summed E-state index contributed by atoms with van der Waals surface area (Å²) in [6, 6.07) is 7.61. The lowest BCUT2D eigenvalue weighted by molar-refractivity contribution is -0.138. The van der Waals surface area contributed by atoms with Crippen molar-refractivity contribution >= 4 is 34.4 Å². The first-order valence-corrected chi connectivity index (χ1v) is 8.14. The van der Waals surface area contributed by atoms with Crippen LogP contribution in [0.4, 0.5) is 0 Å². The summed E-state index contributed by atoms with van der Waals surface area (Å²) in [5.74, 6) is -0.510. The maximum Gasteiger partial charge on any atom is 0.303 e. The number of likely N-dealkylation sites (tertiary alicyclic amines) is 1. The van der Waals surface area contributed by atoms with Crippen LogP contribution in [0.5, 0.6) is 0 Å². The number of piperidine rings is 1. The maximum atomic E-state index is 12.5. The molecule has 1 saturated heterocycles. The molecule has 1 aromatic carbocycles. The summed E-state index contributed by atoms with van der Waals surface area (Å²) in [7, 11) is 0. The third-order valence-electron chi connectivity index (χ3n) is 4.47. The number of carbonyl (C=O) groups is 2. The summed E-state index contributed by atoms with van der Waals surface area (Å²) in [5, 5.41) is 10.6. The number of halogens is 1. The Morgan fingerprint density at radius 2 is 1.96 bits per heavy atom. The number of rotatable bonds is 4. The Balaban J connectivity index is 1.63. The number of fused-ring (bicyclic) bond motifs is 1. The molecule has 1 fully saturated rings. The summed E-state index contributed by atoms with van der Waals surface area (Å²) in [4.78, 5) is 25.1. The van der Waals surface area contributed by atoms with Crippen LogP contribution in [0, 0.1) is 5.92 Å². The van der Waals surface area contributed by atoms with Gasteiger partial charge in [-0.05, 0) is 42.3 Å². The molecule has 2 aromatic rings. The lowest BCUT2D eigenvalue weighted by Gasteiger charge is -2.31. The third kappa shape index (κ3) is 3.67. The van der Waals surface area contributed by atoms with Gasteiger partial charge in [0.15, 0.2) is 0 Å². The number of aliphatic carboxylic acids is 1. The van der Waals surface area contributed by atoms with Gasteiger partial charge in [0.2, 0.25) is 5.91 Å². The molecule has 0 saturated carbocycles. The van der Waals surface area contributed by atoms with E-state index in [1.54, 1.807) is 0 Å². The Bertz CT molecular complexity index is 733. The SMILES string of the molecule is O=C(O)CC1CCN(C(=O)Cn2ccc3ccc(Cl)cc32)CC1. The fourth-order valence-electron chi connectivity index (χ4n) is 3.17. The van der Waals surface area contributed by atoms with Gasteiger partial charge in [-0.1, -0.05) is 17.7 Å². The zero-order valence-corrected chi connectivity index (χ0v) is 13.5. The van der Waals surface area contributed by atoms with Crippen molar-refractivity contribution in [3.05, 3.63) is 35.5 Å². The predicted octanol–water partition coefficient (Wildman–Crippen LogP) is 3.01. The average Bonchev–Trinajstić information content (AvgIpc) is 2.89. The van der Waals surface area contributed by atoms with Gasteiger partial charge in [0.05, 0.1) is 0 Å². The van der Waals surface area contributed by atoms with E-state index in [-0.39, 0.29) is 24.8 Å². The molecular weight excluding hydrogens is 316 g/mol. The minimum atomic E-state index is -0.759. The smallest absolute Gasteiger partial charge is 0.303 e. The molecular formula is C17H19ClN2O3. The van der Waals surface area contributed by atoms with Crippen molar-refractivity contribution in [1.82, 2.24) is 9.47 Å². The second kappa shape index (κ2) is 6.62. The van der Waals surface area contributed by atoms with E-state index in [9.17, 15) is 9.59 Å². The molecule has 0 radical (unpaired) electrons. The van der Waals surface area contributed by atoms with Gasteiger partial charge in [0, 0.05) is 36.2 Å². The highest BCUT2D eigenvalue weighted by molar-refractivity contribution is 6.31. The molecule has 0 bridgehead atoms. The fourth-order valence-corrected chi connectivity index (χ4v) is 3.34. The molecule has 0 atom stereocenters. The number of hydrogen-bond donors (Lipinski definition) is 1. The van der Waals surface area contributed by atoms with Crippen molar-refractivity contribution in [1.29, 1.82) is 0 Å². The molecule has 122 valence electrons. The molecule has 1 aromatic heterocycles. The van der Waals surface area contributed by atoms with E-state index in [2.05, 4.69) is 0 Å². The van der Waals surface area contributed by atoms with Crippen molar-refractivity contribution < 1.29 is 14.7 Å². The highest BCUT2D eigenvalue weighted by Gasteiger charge is 2.24. The number of carboxylic acid groups (broad SMARTS) is 1. The minimum absolute atomic E-state index is 0.0660. The molecule has 6 heteroatoms. The molecule has 1 aliphatic rings. The molecule has 1 aliphatic heterocycles.